The molecular weight excluding hydrogens is 563 g/mol. The molecule has 1 aliphatic carbocycles. The maximum Gasteiger partial charge on any atom is 0.413 e. The first-order valence-electron chi connectivity index (χ1n) is 13.2. The van der Waals surface area contributed by atoms with Crippen LogP contribution in [-0.2, 0) is 14.3 Å². The summed E-state index contributed by atoms with van der Waals surface area (Å²) in [5.41, 5.74) is 1.49. The van der Waals surface area contributed by atoms with Crippen molar-refractivity contribution in [2.45, 2.75) is 50.9 Å². The van der Waals surface area contributed by atoms with E-state index in [9.17, 15) is 22.8 Å². The van der Waals surface area contributed by atoms with Crippen molar-refractivity contribution in [2.75, 3.05) is 33.6 Å². The van der Waals surface area contributed by atoms with Gasteiger partial charge in [0.05, 0.1) is 23.7 Å². The fourth-order valence-corrected chi connectivity index (χ4v) is 5.48. The lowest BCUT2D eigenvalue weighted by atomic mass is 9.80. The number of nitrogens with zero attached hydrogens (tertiary/aromatic N) is 6. The van der Waals surface area contributed by atoms with Crippen LogP contribution < -0.4 is 5.32 Å². The molecule has 1 aliphatic rings. The molecule has 2 atom stereocenters. The highest BCUT2D eigenvalue weighted by atomic mass is 35.5. The summed E-state index contributed by atoms with van der Waals surface area (Å²) in [7, 11) is 6.05. The minimum Gasteiger partial charge on any atom is -0.375 e. The van der Waals surface area contributed by atoms with E-state index in [4.69, 9.17) is 16.3 Å². The van der Waals surface area contributed by atoms with Gasteiger partial charge in [0.1, 0.15) is 0 Å². The summed E-state index contributed by atoms with van der Waals surface area (Å²) >= 11 is 5.95. The van der Waals surface area contributed by atoms with Crippen LogP contribution in [0.4, 0.5) is 24.5 Å². The molecule has 222 valence electrons. The number of hydrogen-bond acceptors (Lipinski definition) is 7. The molecule has 0 aliphatic heterocycles. The predicted octanol–water partition coefficient (Wildman–Crippen LogP) is 5.19. The van der Waals surface area contributed by atoms with Gasteiger partial charge in [-0.3, -0.25) is 9.59 Å². The zero-order valence-electron chi connectivity index (χ0n) is 23.4. The van der Waals surface area contributed by atoms with E-state index in [1.54, 1.807) is 21.0 Å². The summed E-state index contributed by atoms with van der Waals surface area (Å²) in [6.45, 7) is 1.80. The van der Waals surface area contributed by atoms with Gasteiger partial charge in [-0.15, -0.1) is 5.10 Å². The number of fused-ring (bicyclic) bond motifs is 1. The lowest BCUT2D eigenvalue weighted by Crippen LogP contribution is -2.44. The van der Waals surface area contributed by atoms with Gasteiger partial charge in [-0.25, -0.2) is 4.98 Å². The minimum atomic E-state index is -4.69. The van der Waals surface area contributed by atoms with Crippen LogP contribution in [0.5, 0.6) is 0 Å². The second-order valence-corrected chi connectivity index (χ2v) is 10.8. The number of alkyl halides is 3. The molecule has 14 heteroatoms. The molecule has 1 saturated carbocycles. The topological polar surface area (TPSA) is 105 Å². The standard InChI is InChI=1S/C27H33ClF3N7O3/c1-15(41-5)21-20(14-32-26-34-25(28)35-38(21)26)33-19-12-10-16(11-13-19)22(27(29,30)31)37(4)24(40)18-8-6-17(7-9-18)23(39)36(2)3/h10-15,17-18,22,33H,6-9H2,1-5H3/t15-,17?,18?,22-/m0/s1. The number of benzene rings is 1. The number of methoxy groups -OCH3 is 1. The Balaban J connectivity index is 1.53. The molecule has 0 radical (unpaired) electrons. The molecule has 1 fully saturated rings. The Morgan fingerprint density at radius 2 is 1.66 bits per heavy atom. The van der Waals surface area contributed by atoms with Crippen LogP contribution >= 0.6 is 11.6 Å². The van der Waals surface area contributed by atoms with Gasteiger partial charge in [-0.05, 0) is 61.9 Å². The minimum absolute atomic E-state index is 0.00973. The van der Waals surface area contributed by atoms with E-state index in [2.05, 4.69) is 20.4 Å². The molecule has 2 amide bonds. The molecule has 10 nitrogen and oxygen atoms in total. The summed E-state index contributed by atoms with van der Waals surface area (Å²) in [5, 5.41) is 7.31. The van der Waals surface area contributed by atoms with Crippen molar-refractivity contribution >= 4 is 40.6 Å². The van der Waals surface area contributed by atoms with E-state index < -0.39 is 30.1 Å². The van der Waals surface area contributed by atoms with Crippen molar-refractivity contribution in [3.8, 4) is 0 Å². The van der Waals surface area contributed by atoms with Gasteiger partial charge in [0.2, 0.25) is 17.1 Å². The number of rotatable bonds is 8. The van der Waals surface area contributed by atoms with Crippen LogP contribution in [0.15, 0.2) is 30.5 Å². The largest absolute Gasteiger partial charge is 0.413 e. The van der Waals surface area contributed by atoms with Crippen molar-refractivity contribution in [3.63, 3.8) is 0 Å². The van der Waals surface area contributed by atoms with Crippen LogP contribution in [0.3, 0.4) is 0 Å². The fourth-order valence-electron chi connectivity index (χ4n) is 5.33. The maximum atomic E-state index is 14.3. The molecule has 0 unspecified atom stereocenters. The van der Waals surface area contributed by atoms with Crippen LogP contribution in [0, 0.1) is 11.8 Å². The summed E-state index contributed by atoms with van der Waals surface area (Å²) in [4.78, 5) is 36.0. The Kier molecular flexibility index (Phi) is 9.07. The number of aromatic nitrogens is 4. The summed E-state index contributed by atoms with van der Waals surface area (Å²) < 4.78 is 49.8. The fraction of sp³-hybridized carbons (Fsp3) is 0.519. The Morgan fingerprint density at radius 1 is 1.07 bits per heavy atom. The number of ether oxygens (including phenoxy) is 1. The van der Waals surface area contributed by atoms with E-state index >= 15 is 0 Å². The second-order valence-electron chi connectivity index (χ2n) is 10.4. The highest BCUT2D eigenvalue weighted by Crippen LogP contribution is 2.40. The highest BCUT2D eigenvalue weighted by molar-refractivity contribution is 6.28. The quantitative estimate of drug-likeness (QED) is 0.382. The Morgan fingerprint density at radius 3 is 2.20 bits per heavy atom. The number of carbonyl (C=O) groups excluding carboxylic acids is 2. The number of carbonyl (C=O) groups is 2. The van der Waals surface area contributed by atoms with Gasteiger partial charge in [0, 0.05) is 45.8 Å². The molecular formula is C27H33ClF3N7O3. The average Bonchev–Trinajstić information content (AvgIpc) is 3.32. The molecule has 0 spiro atoms. The van der Waals surface area contributed by atoms with E-state index in [0.717, 1.165) is 4.90 Å². The van der Waals surface area contributed by atoms with Crippen LogP contribution in [0.2, 0.25) is 5.28 Å². The molecule has 1 N–H and O–H groups in total. The predicted molar refractivity (Wildman–Crippen MR) is 147 cm³/mol. The Hall–Kier alpha value is -3.45. The first-order valence-corrected chi connectivity index (χ1v) is 13.5. The zero-order chi connectivity index (χ0) is 30.1. The van der Waals surface area contributed by atoms with E-state index in [1.807, 2.05) is 0 Å². The summed E-state index contributed by atoms with van der Waals surface area (Å²) in [6.07, 6.45) is -1.92. The lowest BCUT2D eigenvalue weighted by molar-refractivity contribution is -0.191. The number of halogens is 4. The molecule has 41 heavy (non-hydrogen) atoms. The SMILES string of the molecule is CO[C@@H](C)c1c(Nc2ccc([C@H](N(C)C(=O)C3CCC(C(=O)N(C)C)CC3)C(F)(F)F)cc2)cnc2nc(Cl)nn12. The molecule has 0 saturated heterocycles. The first-order chi connectivity index (χ1) is 19.3. The third kappa shape index (κ3) is 6.56. The van der Waals surface area contributed by atoms with Gasteiger partial charge >= 0.3 is 6.18 Å². The van der Waals surface area contributed by atoms with E-state index in [-0.39, 0.29) is 28.4 Å². The lowest BCUT2D eigenvalue weighted by Gasteiger charge is -2.35. The number of amides is 2. The molecule has 0 bridgehead atoms. The van der Waals surface area contributed by atoms with Crippen molar-refractivity contribution in [1.29, 1.82) is 0 Å². The third-order valence-electron chi connectivity index (χ3n) is 7.53. The highest BCUT2D eigenvalue weighted by Gasteiger charge is 2.46. The van der Waals surface area contributed by atoms with Gasteiger partial charge < -0.3 is 19.9 Å². The molecule has 2 aromatic heterocycles. The number of anilines is 2. The van der Waals surface area contributed by atoms with Gasteiger partial charge in [-0.1, -0.05) is 12.1 Å². The van der Waals surface area contributed by atoms with E-state index in [1.165, 1.54) is 54.0 Å². The van der Waals surface area contributed by atoms with Crippen LogP contribution in [0.25, 0.3) is 5.78 Å². The van der Waals surface area contributed by atoms with Gasteiger partial charge in [-0.2, -0.15) is 22.7 Å². The van der Waals surface area contributed by atoms with Gasteiger partial charge in [0.15, 0.2) is 6.04 Å². The van der Waals surface area contributed by atoms with Crippen LogP contribution in [0.1, 0.15) is 56.0 Å². The number of hydrogen-bond donors (Lipinski definition) is 1. The van der Waals surface area contributed by atoms with Crippen molar-refractivity contribution in [2.24, 2.45) is 11.8 Å². The first kappa shape index (κ1) is 30.5. The smallest absolute Gasteiger partial charge is 0.375 e. The monoisotopic (exact) mass is 595 g/mol. The molecule has 3 aromatic rings. The zero-order valence-corrected chi connectivity index (χ0v) is 24.2. The molecule has 1 aromatic carbocycles. The van der Waals surface area contributed by atoms with Crippen molar-refractivity contribution in [3.05, 3.63) is 47.0 Å². The average molecular weight is 596 g/mol. The third-order valence-corrected chi connectivity index (χ3v) is 7.69. The van der Waals surface area contributed by atoms with Gasteiger partial charge in [0.25, 0.3) is 5.78 Å². The summed E-state index contributed by atoms with van der Waals surface area (Å²) in [5.74, 6) is -1.09. The Labute approximate surface area is 240 Å². The second kappa shape index (κ2) is 12.2. The molecule has 4 rings (SSSR count). The summed E-state index contributed by atoms with van der Waals surface area (Å²) in [6, 6.07) is 3.57. The maximum absolute atomic E-state index is 14.3. The van der Waals surface area contributed by atoms with Crippen molar-refractivity contribution < 1.29 is 27.5 Å². The molecule has 2 heterocycles. The Bertz CT molecular complexity index is 1390. The number of nitrogens with one attached hydrogen (secondary N) is 1. The van der Waals surface area contributed by atoms with Crippen LogP contribution in [-0.4, -0.2) is 75.6 Å². The van der Waals surface area contributed by atoms with Crippen molar-refractivity contribution in [1.82, 2.24) is 29.4 Å². The van der Waals surface area contributed by atoms with E-state index in [0.29, 0.717) is 42.8 Å². The normalized spacial score (nSPS) is 19.0.